The normalized spacial score (nSPS) is 11.2. The number of imidazole rings is 1. The molecule has 0 aliphatic carbocycles. The van der Waals surface area contributed by atoms with Crippen molar-refractivity contribution in [2.24, 2.45) is 0 Å². The number of para-hydroxylation sites is 1. The Morgan fingerprint density at radius 2 is 2.20 bits per heavy atom. The van der Waals surface area contributed by atoms with Gasteiger partial charge in [0, 0.05) is 0 Å². The molecule has 2 heterocycles. The number of nitrogens with zero attached hydrogens (tertiary/aromatic N) is 4. The number of ether oxygens (including phenoxy) is 1. The molecule has 0 saturated carbocycles. The minimum atomic E-state index is 0.297. The van der Waals surface area contributed by atoms with Crippen molar-refractivity contribution in [3.8, 4) is 5.75 Å². The molecule has 0 atom stereocenters. The minimum Gasteiger partial charge on any atom is -0.494 e. The smallest absolute Gasteiger partial charge is 0.246 e. The third kappa shape index (κ3) is 2.12. The molecule has 0 amide bonds. The second-order valence-corrected chi connectivity index (χ2v) is 4.58. The van der Waals surface area contributed by atoms with Crippen molar-refractivity contribution in [3.05, 3.63) is 35.7 Å². The average molecular weight is 293 g/mol. The molecule has 0 saturated heterocycles. The van der Waals surface area contributed by atoms with Crippen LogP contribution in [0.5, 0.6) is 5.75 Å². The van der Waals surface area contributed by atoms with E-state index in [2.05, 4.69) is 15.1 Å². The average Bonchev–Trinajstić information content (AvgIpc) is 3.03. The van der Waals surface area contributed by atoms with Crippen LogP contribution in [0.3, 0.4) is 0 Å². The van der Waals surface area contributed by atoms with Gasteiger partial charge in [0.1, 0.15) is 23.6 Å². The number of benzene rings is 1. The summed E-state index contributed by atoms with van der Waals surface area (Å²) >= 11 is 5.98. The van der Waals surface area contributed by atoms with Crippen LogP contribution >= 0.6 is 11.6 Å². The summed E-state index contributed by atoms with van der Waals surface area (Å²) in [6, 6.07) is 5.75. The second-order valence-electron chi connectivity index (χ2n) is 4.31. The van der Waals surface area contributed by atoms with Gasteiger partial charge in [0.05, 0.1) is 18.5 Å². The highest BCUT2D eigenvalue weighted by molar-refractivity contribution is 6.16. The van der Waals surface area contributed by atoms with Crippen LogP contribution in [0.15, 0.2) is 22.7 Å². The van der Waals surface area contributed by atoms with Crippen molar-refractivity contribution in [2.45, 2.75) is 19.3 Å². The van der Waals surface area contributed by atoms with Gasteiger partial charge in [-0.1, -0.05) is 11.2 Å². The Morgan fingerprint density at radius 3 is 2.85 bits per heavy atom. The number of aryl methyl sites for hydroxylation is 1. The summed E-state index contributed by atoms with van der Waals surface area (Å²) in [6.07, 6.45) is 0. The van der Waals surface area contributed by atoms with Crippen LogP contribution in [0.1, 0.15) is 17.5 Å². The highest BCUT2D eigenvalue weighted by atomic mass is 35.5. The molecule has 0 unspecified atom stereocenters. The Balaban J connectivity index is 2.13. The SMILES string of the molecule is COc1cccc2c1nc(CCl)n2Cc1nc(C)no1. The van der Waals surface area contributed by atoms with E-state index >= 15 is 0 Å². The number of alkyl halides is 1. The van der Waals surface area contributed by atoms with Crippen LogP contribution in [0.25, 0.3) is 11.0 Å². The Bertz CT molecular complexity index is 750. The Morgan fingerprint density at radius 1 is 1.35 bits per heavy atom. The molecule has 3 aromatic rings. The van der Waals surface area contributed by atoms with E-state index in [1.165, 1.54) is 0 Å². The Labute approximate surface area is 120 Å². The molecule has 0 aliphatic heterocycles. The second kappa shape index (κ2) is 5.13. The molecule has 20 heavy (non-hydrogen) atoms. The van der Waals surface area contributed by atoms with E-state index in [0.29, 0.717) is 29.9 Å². The summed E-state index contributed by atoms with van der Waals surface area (Å²) in [7, 11) is 1.62. The highest BCUT2D eigenvalue weighted by Gasteiger charge is 2.15. The molecule has 0 N–H and O–H groups in total. The first kappa shape index (κ1) is 12.9. The first-order chi connectivity index (χ1) is 9.72. The van der Waals surface area contributed by atoms with Crippen molar-refractivity contribution in [2.75, 3.05) is 7.11 Å². The third-order valence-corrected chi connectivity index (χ3v) is 3.26. The number of hydrogen-bond donors (Lipinski definition) is 0. The summed E-state index contributed by atoms with van der Waals surface area (Å²) < 4.78 is 12.4. The van der Waals surface area contributed by atoms with Gasteiger partial charge in [-0.05, 0) is 19.1 Å². The van der Waals surface area contributed by atoms with Gasteiger partial charge in [0.25, 0.3) is 0 Å². The van der Waals surface area contributed by atoms with Crippen LogP contribution in [-0.4, -0.2) is 26.8 Å². The van der Waals surface area contributed by atoms with Crippen LogP contribution in [-0.2, 0) is 12.4 Å². The van der Waals surface area contributed by atoms with Crippen molar-refractivity contribution in [3.63, 3.8) is 0 Å². The zero-order valence-corrected chi connectivity index (χ0v) is 11.9. The third-order valence-electron chi connectivity index (χ3n) is 3.02. The fourth-order valence-corrected chi connectivity index (χ4v) is 2.36. The van der Waals surface area contributed by atoms with Crippen molar-refractivity contribution < 1.29 is 9.26 Å². The van der Waals surface area contributed by atoms with Crippen molar-refractivity contribution >= 4 is 22.6 Å². The summed E-state index contributed by atoms with van der Waals surface area (Å²) in [5.74, 6) is 2.88. The van der Waals surface area contributed by atoms with Gasteiger partial charge in [0.2, 0.25) is 5.89 Å². The molecule has 0 fully saturated rings. The molecular weight excluding hydrogens is 280 g/mol. The Hall–Kier alpha value is -2.08. The predicted molar refractivity (Wildman–Crippen MR) is 74.0 cm³/mol. The van der Waals surface area contributed by atoms with E-state index in [-0.39, 0.29) is 0 Å². The van der Waals surface area contributed by atoms with Crippen LogP contribution in [0.4, 0.5) is 0 Å². The fourth-order valence-electron chi connectivity index (χ4n) is 2.15. The van der Waals surface area contributed by atoms with Gasteiger partial charge in [-0.15, -0.1) is 11.6 Å². The largest absolute Gasteiger partial charge is 0.494 e. The molecule has 2 aromatic heterocycles. The molecule has 0 aliphatic rings. The van der Waals surface area contributed by atoms with E-state index in [9.17, 15) is 0 Å². The monoisotopic (exact) mass is 292 g/mol. The standard InChI is InChI=1S/C13H13ClN4O2/c1-8-15-12(20-17-8)7-18-9-4-3-5-10(19-2)13(9)16-11(18)6-14/h3-5H,6-7H2,1-2H3. The molecule has 0 radical (unpaired) electrons. The maximum atomic E-state index is 5.98. The van der Waals surface area contributed by atoms with E-state index in [1.807, 2.05) is 22.8 Å². The number of methoxy groups -OCH3 is 1. The zero-order chi connectivity index (χ0) is 14.1. The highest BCUT2D eigenvalue weighted by Crippen LogP contribution is 2.26. The minimum absolute atomic E-state index is 0.297. The summed E-state index contributed by atoms with van der Waals surface area (Å²) in [6.45, 7) is 2.22. The quantitative estimate of drug-likeness (QED) is 0.691. The zero-order valence-electron chi connectivity index (χ0n) is 11.1. The van der Waals surface area contributed by atoms with E-state index in [4.69, 9.17) is 20.9 Å². The first-order valence-electron chi connectivity index (χ1n) is 6.10. The van der Waals surface area contributed by atoms with Gasteiger partial charge in [-0.25, -0.2) is 4.98 Å². The molecule has 6 nitrogen and oxygen atoms in total. The summed E-state index contributed by atoms with van der Waals surface area (Å²) in [5, 5.41) is 3.79. The molecule has 1 aromatic carbocycles. The van der Waals surface area contributed by atoms with E-state index in [0.717, 1.165) is 16.9 Å². The topological polar surface area (TPSA) is 66.0 Å². The number of fused-ring (bicyclic) bond motifs is 1. The van der Waals surface area contributed by atoms with Crippen LogP contribution in [0.2, 0.25) is 0 Å². The lowest BCUT2D eigenvalue weighted by Gasteiger charge is -2.04. The van der Waals surface area contributed by atoms with Gasteiger partial charge >= 0.3 is 0 Å². The van der Waals surface area contributed by atoms with Crippen molar-refractivity contribution in [1.29, 1.82) is 0 Å². The number of aromatic nitrogens is 4. The molecule has 0 spiro atoms. The first-order valence-corrected chi connectivity index (χ1v) is 6.63. The molecule has 104 valence electrons. The van der Waals surface area contributed by atoms with Gasteiger partial charge < -0.3 is 13.8 Å². The molecular formula is C13H13ClN4O2. The van der Waals surface area contributed by atoms with Gasteiger partial charge in [0.15, 0.2) is 5.82 Å². The molecule has 0 bridgehead atoms. The number of hydrogen-bond acceptors (Lipinski definition) is 5. The predicted octanol–water partition coefficient (Wildman–Crippen LogP) is 2.52. The lowest BCUT2D eigenvalue weighted by molar-refractivity contribution is 0.368. The maximum Gasteiger partial charge on any atom is 0.246 e. The fraction of sp³-hybridized carbons (Fsp3) is 0.308. The molecule has 7 heteroatoms. The summed E-state index contributed by atoms with van der Waals surface area (Å²) in [5.41, 5.74) is 1.71. The van der Waals surface area contributed by atoms with Crippen LogP contribution in [0, 0.1) is 6.92 Å². The maximum absolute atomic E-state index is 5.98. The number of rotatable bonds is 4. The lowest BCUT2D eigenvalue weighted by atomic mass is 10.3. The summed E-state index contributed by atoms with van der Waals surface area (Å²) in [4.78, 5) is 8.73. The Kier molecular flexibility index (Phi) is 3.31. The van der Waals surface area contributed by atoms with E-state index < -0.39 is 0 Å². The molecule has 3 rings (SSSR count). The van der Waals surface area contributed by atoms with Gasteiger partial charge in [-0.3, -0.25) is 0 Å². The van der Waals surface area contributed by atoms with E-state index in [1.54, 1.807) is 14.0 Å². The van der Waals surface area contributed by atoms with Crippen LogP contribution < -0.4 is 4.74 Å². The lowest BCUT2D eigenvalue weighted by Crippen LogP contribution is -2.04. The number of halogens is 1. The van der Waals surface area contributed by atoms with Crippen molar-refractivity contribution in [1.82, 2.24) is 19.7 Å². The van der Waals surface area contributed by atoms with Gasteiger partial charge in [-0.2, -0.15) is 4.98 Å².